The van der Waals surface area contributed by atoms with Crippen molar-refractivity contribution in [2.24, 2.45) is 0 Å². The third-order valence-electron chi connectivity index (χ3n) is 2.77. The van der Waals surface area contributed by atoms with Crippen LogP contribution in [0.3, 0.4) is 0 Å². The second-order valence-electron chi connectivity index (χ2n) is 4.09. The molecule has 1 aromatic rings. The molecule has 5 nitrogen and oxygen atoms in total. The smallest absolute Gasteiger partial charge is 0.319 e. The van der Waals surface area contributed by atoms with Gasteiger partial charge in [0.25, 0.3) is 0 Å². The summed E-state index contributed by atoms with van der Waals surface area (Å²) < 4.78 is 16.4. The summed E-state index contributed by atoms with van der Waals surface area (Å²) in [5, 5.41) is 5.54. The van der Waals surface area contributed by atoms with Gasteiger partial charge in [-0.3, -0.25) is 4.21 Å². The first-order valence-corrected chi connectivity index (χ1v) is 7.23. The van der Waals surface area contributed by atoms with Crippen LogP contribution in [0.25, 0.3) is 0 Å². The normalized spacial score (nSPS) is 22.5. The van der Waals surface area contributed by atoms with Crippen LogP contribution in [0.2, 0.25) is 0 Å². The lowest BCUT2D eigenvalue weighted by Crippen LogP contribution is -2.38. The zero-order valence-corrected chi connectivity index (χ0v) is 11.0. The van der Waals surface area contributed by atoms with E-state index in [1.165, 1.54) is 0 Å². The van der Waals surface area contributed by atoms with Gasteiger partial charge in [0.1, 0.15) is 5.75 Å². The number of para-hydroxylation sites is 2. The number of hydrogen-bond donors (Lipinski definition) is 2. The standard InChI is InChI=1S/C12H16N2O3S/c1-17-11-5-3-2-4-10(11)14-12(15)13-9-6-7-18(16)8-9/h2-5,9H,6-8H2,1H3,(H2,13,14,15)/t9-,18-/m1/s1. The summed E-state index contributed by atoms with van der Waals surface area (Å²) >= 11 is 0. The van der Waals surface area contributed by atoms with Crippen molar-refractivity contribution in [1.29, 1.82) is 0 Å². The summed E-state index contributed by atoms with van der Waals surface area (Å²) in [6, 6.07) is 6.92. The number of nitrogens with one attached hydrogen (secondary N) is 2. The molecule has 1 saturated heterocycles. The van der Waals surface area contributed by atoms with E-state index in [1.54, 1.807) is 19.2 Å². The van der Waals surface area contributed by atoms with Crippen LogP contribution in [-0.2, 0) is 10.8 Å². The van der Waals surface area contributed by atoms with Gasteiger partial charge in [-0.25, -0.2) is 4.79 Å². The molecule has 0 aliphatic carbocycles. The summed E-state index contributed by atoms with van der Waals surface area (Å²) in [6.45, 7) is 0. The average Bonchev–Trinajstić information content (AvgIpc) is 2.75. The van der Waals surface area contributed by atoms with Crippen molar-refractivity contribution in [1.82, 2.24) is 5.32 Å². The maximum Gasteiger partial charge on any atom is 0.319 e. The van der Waals surface area contributed by atoms with E-state index < -0.39 is 10.8 Å². The number of benzene rings is 1. The van der Waals surface area contributed by atoms with E-state index in [9.17, 15) is 9.00 Å². The van der Waals surface area contributed by atoms with Gasteiger partial charge < -0.3 is 15.4 Å². The molecule has 2 atom stereocenters. The minimum Gasteiger partial charge on any atom is -0.495 e. The van der Waals surface area contributed by atoms with E-state index in [1.807, 2.05) is 12.1 Å². The maximum atomic E-state index is 11.8. The van der Waals surface area contributed by atoms with Gasteiger partial charge in [-0.1, -0.05) is 12.1 Å². The van der Waals surface area contributed by atoms with E-state index in [2.05, 4.69) is 10.6 Å². The van der Waals surface area contributed by atoms with Crippen LogP contribution in [0.1, 0.15) is 6.42 Å². The highest BCUT2D eigenvalue weighted by Gasteiger charge is 2.22. The molecule has 18 heavy (non-hydrogen) atoms. The Hall–Kier alpha value is -1.56. The van der Waals surface area contributed by atoms with Crippen molar-refractivity contribution >= 4 is 22.5 Å². The first kappa shape index (κ1) is 12.9. The van der Waals surface area contributed by atoms with Crippen molar-refractivity contribution in [3.8, 4) is 5.75 Å². The third-order valence-corrected chi connectivity index (χ3v) is 4.24. The van der Waals surface area contributed by atoms with E-state index >= 15 is 0 Å². The minimum atomic E-state index is -0.789. The molecular weight excluding hydrogens is 252 g/mol. The molecule has 1 aliphatic rings. The Morgan fingerprint density at radius 1 is 1.44 bits per heavy atom. The molecule has 2 N–H and O–H groups in total. The van der Waals surface area contributed by atoms with Crippen LogP contribution in [0, 0.1) is 0 Å². The van der Waals surface area contributed by atoms with E-state index in [-0.39, 0.29) is 12.1 Å². The van der Waals surface area contributed by atoms with Gasteiger partial charge >= 0.3 is 6.03 Å². The topological polar surface area (TPSA) is 67.4 Å². The lowest BCUT2D eigenvalue weighted by atomic mass is 10.2. The summed E-state index contributed by atoms with van der Waals surface area (Å²) in [7, 11) is 0.765. The van der Waals surface area contributed by atoms with Gasteiger partial charge in [0.05, 0.1) is 12.8 Å². The van der Waals surface area contributed by atoms with E-state index in [0.29, 0.717) is 22.9 Å². The Bertz CT molecular complexity index is 464. The highest BCUT2D eigenvalue weighted by molar-refractivity contribution is 7.85. The van der Waals surface area contributed by atoms with Crippen LogP contribution in [-0.4, -0.2) is 34.9 Å². The first-order chi connectivity index (χ1) is 8.69. The Morgan fingerprint density at radius 3 is 2.89 bits per heavy atom. The molecule has 1 aromatic carbocycles. The van der Waals surface area contributed by atoms with Crippen molar-refractivity contribution < 1.29 is 13.7 Å². The largest absolute Gasteiger partial charge is 0.495 e. The summed E-state index contributed by atoms with van der Waals surface area (Å²) in [6.07, 6.45) is 0.770. The average molecular weight is 268 g/mol. The number of ether oxygens (including phenoxy) is 1. The lowest BCUT2D eigenvalue weighted by Gasteiger charge is -2.13. The van der Waals surface area contributed by atoms with Gasteiger partial charge in [-0.05, 0) is 18.6 Å². The molecule has 0 spiro atoms. The van der Waals surface area contributed by atoms with Crippen LogP contribution < -0.4 is 15.4 Å². The van der Waals surface area contributed by atoms with Crippen molar-refractivity contribution in [3.63, 3.8) is 0 Å². The molecule has 2 amide bonds. The fourth-order valence-electron chi connectivity index (χ4n) is 1.87. The number of anilines is 1. The second-order valence-corrected chi connectivity index (χ2v) is 5.72. The fraction of sp³-hybridized carbons (Fsp3) is 0.417. The number of methoxy groups -OCH3 is 1. The Morgan fingerprint density at radius 2 is 2.22 bits per heavy atom. The zero-order valence-electron chi connectivity index (χ0n) is 10.1. The van der Waals surface area contributed by atoms with Crippen LogP contribution in [0.4, 0.5) is 10.5 Å². The van der Waals surface area contributed by atoms with Crippen molar-refractivity contribution in [2.75, 3.05) is 23.9 Å². The molecule has 1 fully saturated rings. The van der Waals surface area contributed by atoms with Crippen LogP contribution in [0.15, 0.2) is 24.3 Å². The van der Waals surface area contributed by atoms with E-state index in [0.717, 1.165) is 6.42 Å². The number of hydrogen-bond acceptors (Lipinski definition) is 3. The van der Waals surface area contributed by atoms with Crippen LogP contribution in [0.5, 0.6) is 5.75 Å². The highest BCUT2D eigenvalue weighted by atomic mass is 32.2. The molecule has 2 rings (SSSR count). The van der Waals surface area contributed by atoms with Gasteiger partial charge in [-0.2, -0.15) is 0 Å². The molecule has 0 saturated carbocycles. The SMILES string of the molecule is COc1ccccc1NC(=O)N[C@@H]1CC[S@@](=O)C1. The maximum absolute atomic E-state index is 11.8. The first-order valence-electron chi connectivity index (χ1n) is 5.74. The lowest BCUT2D eigenvalue weighted by molar-refractivity contribution is 0.249. The second kappa shape index (κ2) is 5.86. The van der Waals surface area contributed by atoms with Gasteiger partial charge in [0.15, 0.2) is 0 Å². The quantitative estimate of drug-likeness (QED) is 0.869. The third kappa shape index (κ3) is 3.22. The number of carbonyl (C=O) groups is 1. The van der Waals surface area contributed by atoms with Crippen molar-refractivity contribution in [3.05, 3.63) is 24.3 Å². The van der Waals surface area contributed by atoms with Crippen molar-refractivity contribution in [2.45, 2.75) is 12.5 Å². The molecule has 0 unspecified atom stereocenters. The highest BCUT2D eigenvalue weighted by Crippen LogP contribution is 2.22. The predicted octanol–water partition coefficient (Wildman–Crippen LogP) is 1.34. The Kier molecular flexibility index (Phi) is 4.19. The Labute approximate surface area is 108 Å². The van der Waals surface area contributed by atoms with Gasteiger partial charge in [-0.15, -0.1) is 0 Å². The minimum absolute atomic E-state index is 0.000500. The molecule has 0 radical (unpaired) electrons. The summed E-state index contributed by atoms with van der Waals surface area (Å²) in [5.74, 6) is 1.82. The number of amides is 2. The van der Waals surface area contributed by atoms with Gasteiger partial charge in [0.2, 0.25) is 0 Å². The van der Waals surface area contributed by atoms with Gasteiger partial charge in [0, 0.05) is 28.3 Å². The molecular formula is C12H16N2O3S. The Balaban J connectivity index is 1.92. The van der Waals surface area contributed by atoms with E-state index in [4.69, 9.17) is 4.74 Å². The number of urea groups is 1. The molecule has 1 heterocycles. The molecule has 6 heteroatoms. The molecule has 0 bridgehead atoms. The zero-order chi connectivity index (χ0) is 13.0. The monoisotopic (exact) mass is 268 g/mol. The molecule has 98 valence electrons. The summed E-state index contributed by atoms with van der Waals surface area (Å²) in [5.41, 5.74) is 0.622. The molecule has 1 aliphatic heterocycles. The number of carbonyl (C=O) groups excluding carboxylic acids is 1. The summed E-state index contributed by atoms with van der Waals surface area (Å²) in [4.78, 5) is 11.8. The number of rotatable bonds is 3. The van der Waals surface area contributed by atoms with Crippen LogP contribution >= 0.6 is 0 Å². The molecule has 0 aromatic heterocycles. The predicted molar refractivity (Wildman–Crippen MR) is 71.4 cm³/mol. The fourth-order valence-corrected chi connectivity index (χ4v) is 3.28.